The average Bonchev–Trinajstić information content (AvgIpc) is 2.49. The van der Waals surface area contributed by atoms with Gasteiger partial charge in [0.15, 0.2) is 0 Å². The minimum Gasteiger partial charge on any atom is -0.492 e. The van der Waals surface area contributed by atoms with Crippen molar-refractivity contribution >= 4 is 0 Å². The van der Waals surface area contributed by atoms with Crippen LogP contribution in [0.1, 0.15) is 12.0 Å². The maximum absolute atomic E-state index is 8.81. The van der Waals surface area contributed by atoms with Crippen molar-refractivity contribution in [2.24, 2.45) is 0 Å². The Morgan fingerprint density at radius 3 is 2.65 bits per heavy atom. The van der Waals surface area contributed by atoms with Crippen LogP contribution in [0.3, 0.4) is 0 Å². The van der Waals surface area contributed by atoms with Crippen molar-refractivity contribution in [3.63, 3.8) is 0 Å². The molecule has 0 unspecified atom stereocenters. The molecule has 106 valence electrons. The van der Waals surface area contributed by atoms with Crippen LogP contribution in [-0.2, 0) is 4.74 Å². The fraction of sp³-hybridized carbons (Fsp3) is 0.467. The SMILES string of the molecule is COCCN(CCC#N)CCOc1cccc(C#N)c1. The van der Waals surface area contributed by atoms with Crippen LogP contribution in [0.25, 0.3) is 0 Å². The van der Waals surface area contributed by atoms with Crippen LogP contribution < -0.4 is 4.74 Å². The Labute approximate surface area is 119 Å². The van der Waals surface area contributed by atoms with Crippen LogP contribution in [0, 0.1) is 22.7 Å². The van der Waals surface area contributed by atoms with Gasteiger partial charge in [-0.1, -0.05) is 6.07 Å². The van der Waals surface area contributed by atoms with E-state index in [-0.39, 0.29) is 0 Å². The van der Waals surface area contributed by atoms with E-state index in [9.17, 15) is 0 Å². The molecule has 0 atom stereocenters. The third-order valence-electron chi connectivity index (χ3n) is 2.79. The van der Waals surface area contributed by atoms with Gasteiger partial charge in [-0.15, -0.1) is 0 Å². The van der Waals surface area contributed by atoms with Gasteiger partial charge in [0, 0.05) is 33.2 Å². The highest BCUT2D eigenvalue weighted by molar-refractivity contribution is 5.36. The van der Waals surface area contributed by atoms with E-state index in [0.29, 0.717) is 37.5 Å². The lowest BCUT2D eigenvalue weighted by Gasteiger charge is -2.20. The monoisotopic (exact) mass is 273 g/mol. The first kappa shape index (κ1) is 16.0. The maximum Gasteiger partial charge on any atom is 0.120 e. The lowest BCUT2D eigenvalue weighted by atomic mass is 10.2. The van der Waals surface area contributed by atoms with E-state index in [1.807, 2.05) is 6.07 Å². The molecule has 0 saturated carbocycles. The Morgan fingerprint density at radius 2 is 1.95 bits per heavy atom. The molecule has 1 rings (SSSR count). The molecule has 1 aromatic carbocycles. The van der Waals surface area contributed by atoms with Crippen LogP contribution >= 0.6 is 0 Å². The summed E-state index contributed by atoms with van der Waals surface area (Å²) >= 11 is 0. The molecule has 0 N–H and O–H groups in total. The molecule has 1 aromatic rings. The van der Waals surface area contributed by atoms with Gasteiger partial charge in [0.25, 0.3) is 0 Å². The zero-order valence-corrected chi connectivity index (χ0v) is 11.7. The molecule has 0 aliphatic carbocycles. The number of hydrogen-bond donors (Lipinski definition) is 0. The van der Waals surface area contributed by atoms with Crippen molar-refractivity contribution in [2.75, 3.05) is 40.0 Å². The molecule has 0 fully saturated rings. The lowest BCUT2D eigenvalue weighted by Crippen LogP contribution is -2.32. The molecule has 20 heavy (non-hydrogen) atoms. The molecule has 0 spiro atoms. The summed E-state index contributed by atoms with van der Waals surface area (Å²) in [6.07, 6.45) is 0.494. The molecule has 5 heteroatoms. The molecule has 0 saturated heterocycles. The first-order valence-electron chi connectivity index (χ1n) is 6.51. The number of hydrogen-bond acceptors (Lipinski definition) is 5. The molecule has 5 nitrogen and oxygen atoms in total. The quantitative estimate of drug-likeness (QED) is 0.686. The minimum absolute atomic E-state index is 0.494. The number of rotatable bonds is 9. The second-order valence-corrected chi connectivity index (χ2v) is 4.23. The highest BCUT2D eigenvalue weighted by atomic mass is 16.5. The first-order chi connectivity index (χ1) is 9.80. The maximum atomic E-state index is 8.81. The number of nitriles is 2. The van der Waals surface area contributed by atoms with Gasteiger partial charge in [0.1, 0.15) is 12.4 Å². The van der Waals surface area contributed by atoms with Crippen molar-refractivity contribution in [3.8, 4) is 17.9 Å². The molecule has 0 aliphatic rings. The molecule has 0 heterocycles. The van der Waals surface area contributed by atoms with Crippen LogP contribution in [0.4, 0.5) is 0 Å². The minimum atomic E-state index is 0.494. The molecule has 0 aliphatic heterocycles. The van der Waals surface area contributed by atoms with Gasteiger partial charge in [-0.25, -0.2) is 0 Å². The van der Waals surface area contributed by atoms with E-state index < -0.39 is 0 Å². The van der Waals surface area contributed by atoms with Gasteiger partial charge in [-0.3, -0.25) is 4.90 Å². The van der Waals surface area contributed by atoms with E-state index in [0.717, 1.165) is 13.1 Å². The van der Waals surface area contributed by atoms with E-state index in [1.54, 1.807) is 25.3 Å². The van der Waals surface area contributed by atoms with Crippen molar-refractivity contribution in [1.82, 2.24) is 4.90 Å². The standard InChI is InChI=1S/C15H19N3O2/c1-19-10-8-18(7-3-6-16)9-11-20-15-5-2-4-14(12-15)13-17/h2,4-5,12H,3,7-11H2,1H3. The fourth-order valence-corrected chi connectivity index (χ4v) is 1.71. The number of ether oxygens (including phenoxy) is 2. The van der Waals surface area contributed by atoms with Gasteiger partial charge in [0.05, 0.1) is 24.3 Å². The lowest BCUT2D eigenvalue weighted by molar-refractivity contribution is 0.136. The van der Waals surface area contributed by atoms with Crippen molar-refractivity contribution in [2.45, 2.75) is 6.42 Å². The summed E-state index contributed by atoms with van der Waals surface area (Å²) in [4.78, 5) is 2.13. The molecule has 0 radical (unpaired) electrons. The number of nitrogens with zero attached hydrogens (tertiary/aromatic N) is 3. The van der Waals surface area contributed by atoms with Gasteiger partial charge in [-0.05, 0) is 18.2 Å². The highest BCUT2D eigenvalue weighted by Gasteiger charge is 2.05. The number of methoxy groups -OCH3 is 1. The van der Waals surface area contributed by atoms with Crippen molar-refractivity contribution < 1.29 is 9.47 Å². The second-order valence-electron chi connectivity index (χ2n) is 4.23. The van der Waals surface area contributed by atoms with Crippen LogP contribution in [0.2, 0.25) is 0 Å². The summed E-state index contributed by atoms with van der Waals surface area (Å²) < 4.78 is 10.7. The second kappa shape index (κ2) is 9.80. The molecule has 0 bridgehead atoms. The largest absolute Gasteiger partial charge is 0.492 e. The molecular formula is C15H19N3O2. The third-order valence-corrected chi connectivity index (χ3v) is 2.79. The van der Waals surface area contributed by atoms with E-state index in [2.05, 4.69) is 17.0 Å². The average molecular weight is 273 g/mol. The van der Waals surface area contributed by atoms with Gasteiger partial charge in [0.2, 0.25) is 0 Å². The Hall–Kier alpha value is -2.08. The van der Waals surface area contributed by atoms with Gasteiger partial charge < -0.3 is 9.47 Å². The number of benzene rings is 1. The van der Waals surface area contributed by atoms with E-state index in [1.165, 1.54) is 0 Å². The summed E-state index contributed by atoms with van der Waals surface area (Å²) in [7, 11) is 1.66. The normalized spacial score (nSPS) is 10.0. The molecule has 0 amide bonds. The zero-order chi connectivity index (χ0) is 14.6. The summed E-state index contributed by atoms with van der Waals surface area (Å²) in [5.41, 5.74) is 0.586. The Kier molecular flexibility index (Phi) is 7.83. The topological polar surface area (TPSA) is 69.3 Å². The summed E-state index contributed by atoms with van der Waals surface area (Å²) in [5.74, 6) is 0.691. The highest BCUT2D eigenvalue weighted by Crippen LogP contribution is 2.12. The van der Waals surface area contributed by atoms with Crippen molar-refractivity contribution in [1.29, 1.82) is 10.5 Å². The zero-order valence-electron chi connectivity index (χ0n) is 11.7. The summed E-state index contributed by atoms with van der Waals surface area (Å²) in [6.45, 7) is 3.36. The van der Waals surface area contributed by atoms with Crippen LogP contribution in [0.5, 0.6) is 5.75 Å². The van der Waals surface area contributed by atoms with Gasteiger partial charge >= 0.3 is 0 Å². The third kappa shape index (κ3) is 6.19. The Balaban J connectivity index is 2.38. The fourth-order valence-electron chi connectivity index (χ4n) is 1.71. The van der Waals surface area contributed by atoms with Gasteiger partial charge in [-0.2, -0.15) is 10.5 Å². The van der Waals surface area contributed by atoms with Crippen LogP contribution in [0.15, 0.2) is 24.3 Å². The van der Waals surface area contributed by atoms with Crippen molar-refractivity contribution in [3.05, 3.63) is 29.8 Å². The summed E-state index contributed by atoms with van der Waals surface area (Å²) in [5, 5.41) is 17.4. The molecular weight excluding hydrogens is 254 g/mol. The van der Waals surface area contributed by atoms with Crippen LogP contribution in [-0.4, -0.2) is 44.9 Å². The Morgan fingerprint density at radius 1 is 1.15 bits per heavy atom. The first-order valence-corrected chi connectivity index (χ1v) is 6.51. The summed E-state index contributed by atoms with van der Waals surface area (Å²) in [6, 6.07) is 11.3. The molecule has 0 aromatic heterocycles. The Bertz CT molecular complexity index is 477. The smallest absolute Gasteiger partial charge is 0.120 e. The predicted octanol–water partition coefficient (Wildman–Crippen LogP) is 1.80. The van der Waals surface area contributed by atoms with E-state index in [4.69, 9.17) is 20.0 Å². The predicted molar refractivity (Wildman–Crippen MR) is 75.2 cm³/mol. The van der Waals surface area contributed by atoms with E-state index >= 15 is 0 Å².